The van der Waals surface area contributed by atoms with Crippen LogP contribution in [0.1, 0.15) is 25.5 Å². The molecule has 0 saturated carbocycles. The molecule has 2 aliphatic rings. The Labute approximate surface area is 141 Å². The molecule has 2 fully saturated rings. The molecular formula is C18H20ClN3O. The van der Waals surface area contributed by atoms with Gasteiger partial charge in [-0.05, 0) is 31.9 Å². The van der Waals surface area contributed by atoms with Crippen LogP contribution in [-0.4, -0.2) is 45.9 Å². The van der Waals surface area contributed by atoms with Gasteiger partial charge >= 0.3 is 0 Å². The standard InChI is InChI=1S/C18H20ClN3O/c1-12-18(23)22-9-3-5-15(22)11-21(12)10-14-8-7-13-4-2-6-16(19)17(13)20-14/h2,4,6-8,12,15H,3,5,9-11H2,1H3/t12-,15-/m0/s1. The third kappa shape index (κ3) is 2.60. The van der Waals surface area contributed by atoms with Gasteiger partial charge in [-0.2, -0.15) is 0 Å². The van der Waals surface area contributed by atoms with Crippen LogP contribution >= 0.6 is 11.6 Å². The highest BCUT2D eigenvalue weighted by Crippen LogP contribution is 2.27. The number of fused-ring (bicyclic) bond motifs is 2. The highest BCUT2D eigenvalue weighted by molar-refractivity contribution is 6.35. The molecule has 4 rings (SSSR count). The van der Waals surface area contributed by atoms with Gasteiger partial charge < -0.3 is 4.90 Å². The van der Waals surface area contributed by atoms with Crippen LogP contribution in [0.4, 0.5) is 0 Å². The van der Waals surface area contributed by atoms with E-state index in [9.17, 15) is 4.79 Å². The lowest BCUT2D eigenvalue weighted by atomic mass is 10.1. The molecule has 23 heavy (non-hydrogen) atoms. The van der Waals surface area contributed by atoms with E-state index in [0.717, 1.165) is 42.5 Å². The van der Waals surface area contributed by atoms with E-state index in [1.165, 1.54) is 0 Å². The molecule has 4 nitrogen and oxygen atoms in total. The Bertz CT molecular complexity index is 763. The Balaban J connectivity index is 1.60. The summed E-state index contributed by atoms with van der Waals surface area (Å²) >= 11 is 6.26. The van der Waals surface area contributed by atoms with Crippen molar-refractivity contribution in [3.63, 3.8) is 0 Å². The molecule has 0 bridgehead atoms. The van der Waals surface area contributed by atoms with Crippen LogP contribution in [0.3, 0.4) is 0 Å². The summed E-state index contributed by atoms with van der Waals surface area (Å²) in [6.45, 7) is 4.56. The molecule has 1 aromatic heterocycles. The minimum atomic E-state index is -0.0758. The number of pyridine rings is 1. The topological polar surface area (TPSA) is 36.4 Å². The smallest absolute Gasteiger partial charge is 0.239 e. The van der Waals surface area contributed by atoms with Gasteiger partial charge in [0.2, 0.25) is 5.91 Å². The maximum Gasteiger partial charge on any atom is 0.239 e. The van der Waals surface area contributed by atoms with Crippen LogP contribution in [0, 0.1) is 0 Å². The first-order valence-electron chi connectivity index (χ1n) is 8.22. The Morgan fingerprint density at radius 3 is 3.04 bits per heavy atom. The minimum Gasteiger partial charge on any atom is -0.337 e. The van der Waals surface area contributed by atoms with Crippen molar-refractivity contribution in [2.45, 2.75) is 38.4 Å². The van der Waals surface area contributed by atoms with Gasteiger partial charge in [0.1, 0.15) is 0 Å². The first-order chi connectivity index (χ1) is 11.1. The Kier molecular flexibility index (Phi) is 3.74. The lowest BCUT2D eigenvalue weighted by Crippen LogP contribution is -2.58. The van der Waals surface area contributed by atoms with Crippen LogP contribution in [0.25, 0.3) is 10.9 Å². The first kappa shape index (κ1) is 14.9. The van der Waals surface area contributed by atoms with E-state index in [2.05, 4.69) is 15.9 Å². The number of rotatable bonds is 2. The normalized spacial score (nSPS) is 25.1. The van der Waals surface area contributed by atoms with Crippen molar-refractivity contribution >= 4 is 28.4 Å². The fourth-order valence-electron chi connectivity index (χ4n) is 3.79. The summed E-state index contributed by atoms with van der Waals surface area (Å²) in [6.07, 6.45) is 2.24. The summed E-state index contributed by atoms with van der Waals surface area (Å²) in [5.41, 5.74) is 1.81. The molecule has 1 aromatic carbocycles. The van der Waals surface area contributed by atoms with E-state index in [1.54, 1.807) is 0 Å². The van der Waals surface area contributed by atoms with E-state index in [0.29, 0.717) is 17.6 Å². The molecular weight excluding hydrogens is 310 g/mol. The molecule has 2 saturated heterocycles. The number of halogens is 1. The number of aromatic nitrogens is 1. The van der Waals surface area contributed by atoms with E-state index in [4.69, 9.17) is 16.6 Å². The van der Waals surface area contributed by atoms with Gasteiger partial charge in [-0.3, -0.25) is 9.69 Å². The highest BCUT2D eigenvalue weighted by Gasteiger charge is 2.40. The Morgan fingerprint density at radius 1 is 1.30 bits per heavy atom. The third-order valence-electron chi connectivity index (χ3n) is 5.10. The number of para-hydroxylation sites is 1. The molecule has 120 valence electrons. The van der Waals surface area contributed by atoms with Crippen LogP contribution < -0.4 is 0 Å². The average molecular weight is 330 g/mol. The summed E-state index contributed by atoms with van der Waals surface area (Å²) in [5.74, 6) is 0.262. The molecule has 0 N–H and O–H groups in total. The van der Waals surface area contributed by atoms with Gasteiger partial charge in [-0.1, -0.05) is 29.8 Å². The zero-order chi connectivity index (χ0) is 16.0. The Morgan fingerprint density at radius 2 is 2.17 bits per heavy atom. The summed E-state index contributed by atoms with van der Waals surface area (Å²) in [6, 6.07) is 10.2. The molecule has 0 spiro atoms. The van der Waals surface area contributed by atoms with Crippen molar-refractivity contribution in [2.75, 3.05) is 13.1 Å². The van der Waals surface area contributed by atoms with E-state index in [1.807, 2.05) is 31.2 Å². The van der Waals surface area contributed by atoms with Gasteiger partial charge in [0.05, 0.1) is 22.3 Å². The predicted molar refractivity (Wildman–Crippen MR) is 91.4 cm³/mol. The molecule has 0 unspecified atom stereocenters. The molecule has 2 aliphatic heterocycles. The maximum atomic E-state index is 12.5. The van der Waals surface area contributed by atoms with E-state index in [-0.39, 0.29) is 11.9 Å². The quantitative estimate of drug-likeness (QED) is 0.849. The summed E-state index contributed by atoms with van der Waals surface area (Å²) in [7, 11) is 0. The van der Waals surface area contributed by atoms with Crippen LogP contribution in [0.5, 0.6) is 0 Å². The highest BCUT2D eigenvalue weighted by atomic mass is 35.5. The molecule has 0 aliphatic carbocycles. The molecule has 0 radical (unpaired) electrons. The van der Waals surface area contributed by atoms with Crippen molar-refractivity contribution in [3.05, 3.63) is 41.0 Å². The first-order valence-corrected chi connectivity index (χ1v) is 8.60. The number of piperazine rings is 1. The molecule has 1 amide bonds. The number of amides is 1. The molecule has 2 atom stereocenters. The third-order valence-corrected chi connectivity index (χ3v) is 5.41. The fraction of sp³-hybridized carbons (Fsp3) is 0.444. The fourth-order valence-corrected chi connectivity index (χ4v) is 4.01. The van der Waals surface area contributed by atoms with Crippen LogP contribution in [0.2, 0.25) is 5.02 Å². The zero-order valence-corrected chi connectivity index (χ0v) is 14.0. The Hall–Kier alpha value is -1.65. The van der Waals surface area contributed by atoms with Gasteiger partial charge in [-0.25, -0.2) is 4.98 Å². The van der Waals surface area contributed by atoms with Crippen LogP contribution in [-0.2, 0) is 11.3 Å². The van der Waals surface area contributed by atoms with Crippen LogP contribution in [0.15, 0.2) is 30.3 Å². The van der Waals surface area contributed by atoms with Crippen molar-refractivity contribution in [1.29, 1.82) is 0 Å². The second-order valence-corrected chi connectivity index (χ2v) is 6.95. The molecule has 3 heterocycles. The number of nitrogens with zero attached hydrogens (tertiary/aromatic N) is 3. The zero-order valence-electron chi connectivity index (χ0n) is 13.2. The minimum absolute atomic E-state index is 0.0758. The number of benzene rings is 1. The number of carbonyl (C=O) groups is 1. The number of hydrogen-bond donors (Lipinski definition) is 0. The van der Waals surface area contributed by atoms with Crippen molar-refractivity contribution < 1.29 is 4.79 Å². The predicted octanol–water partition coefficient (Wildman–Crippen LogP) is 3.08. The number of carbonyl (C=O) groups excluding carboxylic acids is 1. The van der Waals surface area contributed by atoms with Crippen molar-refractivity contribution in [2.24, 2.45) is 0 Å². The summed E-state index contributed by atoms with van der Waals surface area (Å²) in [4.78, 5) is 21.5. The monoisotopic (exact) mass is 329 g/mol. The summed E-state index contributed by atoms with van der Waals surface area (Å²) in [5, 5.41) is 1.72. The molecule has 5 heteroatoms. The largest absolute Gasteiger partial charge is 0.337 e. The SMILES string of the molecule is C[C@H]1C(=O)N2CCC[C@H]2CN1Cc1ccc2cccc(Cl)c2n1. The van der Waals surface area contributed by atoms with E-state index < -0.39 is 0 Å². The molecule has 2 aromatic rings. The van der Waals surface area contributed by atoms with Gasteiger partial charge in [-0.15, -0.1) is 0 Å². The summed E-state index contributed by atoms with van der Waals surface area (Å²) < 4.78 is 0. The second-order valence-electron chi connectivity index (χ2n) is 6.55. The average Bonchev–Trinajstić information content (AvgIpc) is 3.02. The van der Waals surface area contributed by atoms with Crippen molar-refractivity contribution in [1.82, 2.24) is 14.8 Å². The lowest BCUT2D eigenvalue weighted by Gasteiger charge is -2.41. The van der Waals surface area contributed by atoms with Gasteiger partial charge in [0.25, 0.3) is 0 Å². The van der Waals surface area contributed by atoms with E-state index >= 15 is 0 Å². The number of hydrogen-bond acceptors (Lipinski definition) is 3. The maximum absolute atomic E-state index is 12.5. The lowest BCUT2D eigenvalue weighted by molar-refractivity contribution is -0.143. The van der Waals surface area contributed by atoms with Crippen molar-refractivity contribution in [3.8, 4) is 0 Å². The van der Waals surface area contributed by atoms with Gasteiger partial charge in [0, 0.05) is 31.1 Å². The second kappa shape index (κ2) is 5.77. The van der Waals surface area contributed by atoms with Gasteiger partial charge in [0.15, 0.2) is 0 Å².